The maximum Gasteiger partial charge on any atom is 0.115 e. The molecule has 3 nitrogen and oxygen atoms in total. The van der Waals surface area contributed by atoms with Gasteiger partial charge in [-0.3, -0.25) is 0 Å². The van der Waals surface area contributed by atoms with Crippen molar-refractivity contribution in [1.29, 1.82) is 0 Å². The molecule has 0 aromatic heterocycles. The van der Waals surface area contributed by atoms with E-state index in [1.807, 2.05) is 19.1 Å². The lowest BCUT2D eigenvalue weighted by atomic mass is 9.88. The highest BCUT2D eigenvalue weighted by Gasteiger charge is 2.20. The summed E-state index contributed by atoms with van der Waals surface area (Å²) in [6.07, 6.45) is 3.28. The molecule has 15 heavy (non-hydrogen) atoms. The van der Waals surface area contributed by atoms with E-state index in [0.29, 0.717) is 12.4 Å². The molecule has 1 aromatic carbocycles. The highest BCUT2D eigenvalue weighted by Crippen LogP contribution is 2.31. The summed E-state index contributed by atoms with van der Waals surface area (Å²) in [7, 11) is 0. The van der Waals surface area contributed by atoms with E-state index in [-0.39, 0.29) is 6.04 Å². The Bertz CT molecular complexity index is 338. The van der Waals surface area contributed by atoms with Gasteiger partial charge in [-0.2, -0.15) is 5.48 Å². The second kappa shape index (κ2) is 4.64. The zero-order valence-corrected chi connectivity index (χ0v) is 8.99. The molecule has 0 amide bonds. The quantitative estimate of drug-likeness (QED) is 0.747. The van der Waals surface area contributed by atoms with Gasteiger partial charge in [-0.25, -0.2) is 0 Å². The van der Waals surface area contributed by atoms with Crippen LogP contribution in [-0.2, 0) is 11.3 Å². The van der Waals surface area contributed by atoms with Gasteiger partial charge in [0.05, 0.1) is 12.6 Å². The van der Waals surface area contributed by atoms with Crippen molar-refractivity contribution in [3.05, 3.63) is 29.3 Å². The number of nitrogens with one attached hydrogen (secondary N) is 1. The van der Waals surface area contributed by atoms with E-state index < -0.39 is 0 Å². The summed E-state index contributed by atoms with van der Waals surface area (Å²) < 4.78 is 0. The fraction of sp³-hybridized carbons (Fsp3) is 0.500. The molecule has 0 aliphatic heterocycles. The molecule has 0 heterocycles. The molecule has 2 rings (SSSR count). The first kappa shape index (κ1) is 10.5. The van der Waals surface area contributed by atoms with Crippen molar-refractivity contribution in [1.82, 2.24) is 5.48 Å². The number of phenolic OH excluding ortho intramolecular Hbond substituents is 1. The van der Waals surface area contributed by atoms with Gasteiger partial charge in [0.15, 0.2) is 0 Å². The minimum Gasteiger partial charge on any atom is -0.508 e. The number of hydrogen-bond donors (Lipinski definition) is 2. The molecular weight excluding hydrogens is 190 g/mol. The summed E-state index contributed by atoms with van der Waals surface area (Å²) in [5, 5.41) is 9.40. The van der Waals surface area contributed by atoms with E-state index in [9.17, 15) is 5.11 Å². The number of rotatable bonds is 3. The summed E-state index contributed by atoms with van der Waals surface area (Å²) in [6.45, 7) is 2.64. The molecule has 1 aliphatic carbocycles. The molecule has 0 bridgehead atoms. The third-order valence-electron chi connectivity index (χ3n) is 2.81. The Balaban J connectivity index is 2.18. The van der Waals surface area contributed by atoms with Crippen molar-refractivity contribution < 1.29 is 9.94 Å². The van der Waals surface area contributed by atoms with Gasteiger partial charge in [0.1, 0.15) is 5.75 Å². The van der Waals surface area contributed by atoms with Crippen LogP contribution in [0.1, 0.15) is 36.9 Å². The van der Waals surface area contributed by atoms with Crippen LogP contribution >= 0.6 is 0 Å². The highest BCUT2D eigenvalue weighted by molar-refractivity contribution is 5.38. The van der Waals surface area contributed by atoms with Gasteiger partial charge in [0, 0.05) is 0 Å². The van der Waals surface area contributed by atoms with Crippen LogP contribution in [0, 0.1) is 0 Å². The minimum atomic E-state index is 0.272. The number of hydrogen-bond acceptors (Lipinski definition) is 3. The van der Waals surface area contributed by atoms with Crippen molar-refractivity contribution in [2.75, 3.05) is 6.61 Å². The maximum atomic E-state index is 9.40. The molecule has 3 heteroatoms. The van der Waals surface area contributed by atoms with Gasteiger partial charge in [-0.05, 0) is 49.4 Å². The van der Waals surface area contributed by atoms with E-state index in [1.54, 1.807) is 6.07 Å². The molecule has 0 saturated heterocycles. The highest BCUT2D eigenvalue weighted by atomic mass is 16.6. The summed E-state index contributed by atoms with van der Waals surface area (Å²) in [5.74, 6) is 0.353. The SMILES string of the molecule is CCONC1CCCc2cc(O)ccc21. The second-order valence-corrected chi connectivity index (χ2v) is 3.88. The average Bonchev–Trinajstić information content (AvgIpc) is 2.25. The van der Waals surface area contributed by atoms with Crippen LogP contribution in [0.3, 0.4) is 0 Å². The fourth-order valence-electron chi connectivity index (χ4n) is 2.11. The average molecular weight is 207 g/mol. The van der Waals surface area contributed by atoms with Crippen molar-refractivity contribution >= 4 is 0 Å². The number of aromatic hydroxyl groups is 1. The van der Waals surface area contributed by atoms with Gasteiger partial charge in [-0.1, -0.05) is 6.07 Å². The van der Waals surface area contributed by atoms with Crippen LogP contribution < -0.4 is 5.48 Å². The zero-order chi connectivity index (χ0) is 10.7. The Morgan fingerprint density at radius 1 is 1.53 bits per heavy atom. The van der Waals surface area contributed by atoms with Crippen LogP contribution in [0.15, 0.2) is 18.2 Å². The van der Waals surface area contributed by atoms with Gasteiger partial charge in [0.25, 0.3) is 0 Å². The topological polar surface area (TPSA) is 41.5 Å². The first-order valence-electron chi connectivity index (χ1n) is 5.50. The van der Waals surface area contributed by atoms with E-state index in [4.69, 9.17) is 4.84 Å². The predicted molar refractivity (Wildman–Crippen MR) is 58.5 cm³/mol. The third kappa shape index (κ3) is 2.30. The Morgan fingerprint density at radius 2 is 2.40 bits per heavy atom. The molecule has 0 fully saturated rings. The number of aryl methyl sites for hydroxylation is 1. The Kier molecular flexibility index (Phi) is 3.23. The number of benzene rings is 1. The van der Waals surface area contributed by atoms with Crippen LogP contribution in [0.2, 0.25) is 0 Å². The van der Waals surface area contributed by atoms with E-state index in [0.717, 1.165) is 19.3 Å². The number of fused-ring (bicyclic) bond motifs is 1. The largest absolute Gasteiger partial charge is 0.508 e. The van der Waals surface area contributed by atoms with Gasteiger partial charge in [-0.15, -0.1) is 0 Å². The van der Waals surface area contributed by atoms with Crippen molar-refractivity contribution in [3.63, 3.8) is 0 Å². The van der Waals surface area contributed by atoms with E-state index >= 15 is 0 Å². The Labute approximate surface area is 90.0 Å². The number of hydroxylamine groups is 1. The summed E-state index contributed by atoms with van der Waals surface area (Å²) in [6, 6.07) is 5.86. The summed E-state index contributed by atoms with van der Waals surface area (Å²) in [4.78, 5) is 5.25. The maximum absolute atomic E-state index is 9.40. The molecule has 82 valence electrons. The monoisotopic (exact) mass is 207 g/mol. The van der Waals surface area contributed by atoms with Crippen LogP contribution in [0.25, 0.3) is 0 Å². The summed E-state index contributed by atoms with van der Waals surface area (Å²) in [5.41, 5.74) is 5.56. The van der Waals surface area contributed by atoms with E-state index in [2.05, 4.69) is 5.48 Å². The normalized spacial score (nSPS) is 19.9. The molecular formula is C12H17NO2. The predicted octanol–water partition coefficient (Wildman–Crippen LogP) is 2.31. The van der Waals surface area contributed by atoms with Crippen LogP contribution in [0.4, 0.5) is 0 Å². The lowest BCUT2D eigenvalue weighted by Gasteiger charge is -2.25. The molecule has 0 spiro atoms. The molecule has 1 atom stereocenters. The first-order valence-corrected chi connectivity index (χ1v) is 5.50. The van der Waals surface area contributed by atoms with Crippen LogP contribution in [-0.4, -0.2) is 11.7 Å². The zero-order valence-electron chi connectivity index (χ0n) is 8.99. The molecule has 0 saturated carbocycles. The lowest BCUT2D eigenvalue weighted by molar-refractivity contribution is 0.0197. The third-order valence-corrected chi connectivity index (χ3v) is 2.81. The fourth-order valence-corrected chi connectivity index (χ4v) is 2.11. The van der Waals surface area contributed by atoms with Crippen molar-refractivity contribution in [2.24, 2.45) is 0 Å². The van der Waals surface area contributed by atoms with Gasteiger partial charge < -0.3 is 9.94 Å². The first-order chi connectivity index (χ1) is 7.31. The Hall–Kier alpha value is -1.06. The van der Waals surface area contributed by atoms with Gasteiger partial charge in [0.2, 0.25) is 0 Å². The van der Waals surface area contributed by atoms with Crippen LogP contribution in [0.5, 0.6) is 5.75 Å². The van der Waals surface area contributed by atoms with E-state index in [1.165, 1.54) is 11.1 Å². The molecule has 0 radical (unpaired) electrons. The van der Waals surface area contributed by atoms with Crippen molar-refractivity contribution in [3.8, 4) is 5.75 Å². The smallest absolute Gasteiger partial charge is 0.115 e. The van der Waals surface area contributed by atoms with Crippen molar-refractivity contribution in [2.45, 2.75) is 32.2 Å². The Morgan fingerprint density at radius 3 is 3.20 bits per heavy atom. The summed E-state index contributed by atoms with van der Waals surface area (Å²) >= 11 is 0. The minimum absolute atomic E-state index is 0.272. The standard InChI is InChI=1S/C12H17NO2/c1-2-15-13-12-5-3-4-9-8-10(14)6-7-11(9)12/h6-8,12-14H,2-5H2,1H3. The second-order valence-electron chi connectivity index (χ2n) is 3.88. The molecule has 1 aromatic rings. The molecule has 1 unspecified atom stereocenters. The lowest BCUT2D eigenvalue weighted by Crippen LogP contribution is -2.25. The molecule has 1 aliphatic rings. The number of phenols is 1. The van der Waals surface area contributed by atoms with Gasteiger partial charge >= 0.3 is 0 Å². The molecule has 2 N–H and O–H groups in total.